The molecule has 0 aliphatic heterocycles. The fourth-order valence-electron chi connectivity index (χ4n) is 1.82. The van der Waals surface area contributed by atoms with E-state index in [1.54, 1.807) is 13.0 Å². The van der Waals surface area contributed by atoms with Crippen LogP contribution in [-0.4, -0.2) is 23.3 Å². The maximum absolute atomic E-state index is 11.7. The summed E-state index contributed by atoms with van der Waals surface area (Å²) in [7, 11) is 0. The minimum Gasteiger partial charge on any atom is -0.465 e. The Bertz CT molecular complexity index is 569. The lowest BCUT2D eigenvalue weighted by atomic mass is 10.0. The molecule has 0 amide bonds. The zero-order chi connectivity index (χ0) is 13.8. The molecule has 5 nitrogen and oxygen atoms in total. The molecule has 100 valence electrons. The van der Waals surface area contributed by atoms with Gasteiger partial charge in [0.05, 0.1) is 6.61 Å². The van der Waals surface area contributed by atoms with E-state index in [1.807, 2.05) is 18.2 Å². The first-order valence-electron chi connectivity index (χ1n) is 6.13. The highest BCUT2D eigenvalue weighted by Gasteiger charge is 2.27. The maximum atomic E-state index is 11.7. The number of fused-ring (bicyclic) bond motifs is 1. The Hall–Kier alpha value is -2.17. The number of esters is 1. The number of hydrogen-bond acceptors (Lipinski definition) is 5. The highest BCUT2D eigenvalue weighted by molar-refractivity contribution is 5.97. The first-order chi connectivity index (χ1) is 9.11. The molecular formula is C14H15NO4. The molecule has 2 rings (SSSR count). The number of nitrogens with zero attached hydrogens (tertiary/aromatic N) is 1. The van der Waals surface area contributed by atoms with Gasteiger partial charge in [0.1, 0.15) is 17.2 Å². The smallest absolute Gasteiger partial charge is 0.316 e. The zero-order valence-corrected chi connectivity index (χ0v) is 10.9. The van der Waals surface area contributed by atoms with Gasteiger partial charge in [-0.3, -0.25) is 9.59 Å². The highest BCUT2D eigenvalue weighted by atomic mass is 16.5. The van der Waals surface area contributed by atoms with Gasteiger partial charge in [0.15, 0.2) is 11.5 Å². The lowest BCUT2D eigenvalue weighted by Gasteiger charge is -2.09. The van der Waals surface area contributed by atoms with Crippen LogP contribution in [-0.2, 0) is 20.7 Å². The number of rotatable bonds is 5. The number of carbonyl (C=O) groups excluding carboxylic acids is 2. The monoisotopic (exact) mass is 261 g/mol. The molecule has 0 N–H and O–H groups in total. The summed E-state index contributed by atoms with van der Waals surface area (Å²) in [6.45, 7) is 3.31. The van der Waals surface area contributed by atoms with E-state index in [-0.39, 0.29) is 18.8 Å². The standard InChI is InChI=1S/C14H15NO4/c1-3-18-14(17)10(9(2)16)8-13-15-11-6-4-5-7-12(11)19-13/h4-7,10H,3,8H2,1-2H3. The zero-order valence-electron chi connectivity index (χ0n) is 10.9. The van der Waals surface area contributed by atoms with Gasteiger partial charge in [-0.1, -0.05) is 12.1 Å². The summed E-state index contributed by atoms with van der Waals surface area (Å²) in [6.07, 6.45) is 0.128. The summed E-state index contributed by atoms with van der Waals surface area (Å²) in [5.74, 6) is -1.26. The van der Waals surface area contributed by atoms with Crippen molar-refractivity contribution in [2.24, 2.45) is 5.92 Å². The summed E-state index contributed by atoms with van der Waals surface area (Å²) < 4.78 is 10.4. The van der Waals surface area contributed by atoms with E-state index >= 15 is 0 Å². The predicted molar refractivity (Wildman–Crippen MR) is 68.5 cm³/mol. The van der Waals surface area contributed by atoms with Gasteiger partial charge in [-0.25, -0.2) is 4.98 Å². The molecule has 2 aromatic rings. The van der Waals surface area contributed by atoms with Crippen LogP contribution in [0.1, 0.15) is 19.7 Å². The molecule has 1 heterocycles. The number of hydrogen-bond donors (Lipinski definition) is 0. The van der Waals surface area contributed by atoms with Gasteiger partial charge >= 0.3 is 5.97 Å². The summed E-state index contributed by atoms with van der Waals surface area (Å²) in [5.41, 5.74) is 1.35. The van der Waals surface area contributed by atoms with Gasteiger partial charge in [0.25, 0.3) is 0 Å². The van der Waals surface area contributed by atoms with Crippen LogP contribution in [0.3, 0.4) is 0 Å². The van der Waals surface area contributed by atoms with Crippen molar-refractivity contribution in [1.82, 2.24) is 4.98 Å². The lowest BCUT2D eigenvalue weighted by Crippen LogP contribution is -2.26. The first-order valence-corrected chi connectivity index (χ1v) is 6.13. The van der Waals surface area contributed by atoms with Crippen molar-refractivity contribution in [2.75, 3.05) is 6.61 Å². The third-order valence-electron chi connectivity index (χ3n) is 2.78. The number of ether oxygens (including phenoxy) is 1. The largest absolute Gasteiger partial charge is 0.465 e. The predicted octanol–water partition coefficient (Wildman–Crippen LogP) is 2.14. The first kappa shape index (κ1) is 13.3. The van der Waals surface area contributed by atoms with Crippen molar-refractivity contribution in [3.8, 4) is 0 Å². The van der Waals surface area contributed by atoms with E-state index < -0.39 is 11.9 Å². The molecule has 0 spiro atoms. The average molecular weight is 261 g/mol. The topological polar surface area (TPSA) is 69.4 Å². The van der Waals surface area contributed by atoms with Crippen molar-refractivity contribution in [1.29, 1.82) is 0 Å². The Morgan fingerprint density at radius 1 is 1.37 bits per heavy atom. The molecule has 0 saturated heterocycles. The molecule has 0 bridgehead atoms. The second-order valence-electron chi connectivity index (χ2n) is 4.19. The van der Waals surface area contributed by atoms with Crippen molar-refractivity contribution in [3.05, 3.63) is 30.2 Å². The average Bonchev–Trinajstić information content (AvgIpc) is 2.78. The number of oxazole rings is 1. The number of Topliss-reactive ketones (excluding diaryl/α,β-unsaturated/α-hetero) is 1. The molecule has 0 saturated carbocycles. The molecule has 0 radical (unpaired) electrons. The van der Waals surface area contributed by atoms with Crippen LogP contribution >= 0.6 is 0 Å². The van der Waals surface area contributed by atoms with E-state index in [0.29, 0.717) is 17.0 Å². The van der Waals surface area contributed by atoms with Gasteiger partial charge in [-0.2, -0.15) is 0 Å². The third kappa shape index (κ3) is 2.99. The molecule has 1 unspecified atom stereocenters. The molecular weight excluding hydrogens is 246 g/mol. The van der Waals surface area contributed by atoms with E-state index in [4.69, 9.17) is 9.15 Å². The Labute approximate surface area is 110 Å². The Kier molecular flexibility index (Phi) is 3.94. The SMILES string of the molecule is CCOC(=O)C(Cc1nc2ccccc2o1)C(C)=O. The third-order valence-corrected chi connectivity index (χ3v) is 2.78. The molecule has 0 aliphatic carbocycles. The number of para-hydroxylation sites is 2. The van der Waals surface area contributed by atoms with Crippen LogP contribution < -0.4 is 0 Å². The van der Waals surface area contributed by atoms with Crippen molar-refractivity contribution < 1.29 is 18.7 Å². The fraction of sp³-hybridized carbons (Fsp3) is 0.357. The Morgan fingerprint density at radius 2 is 2.11 bits per heavy atom. The van der Waals surface area contributed by atoms with Crippen LogP contribution in [0.25, 0.3) is 11.1 Å². The van der Waals surface area contributed by atoms with E-state index in [2.05, 4.69) is 4.98 Å². The minimum absolute atomic E-state index is 0.128. The van der Waals surface area contributed by atoms with Crippen LogP contribution in [0, 0.1) is 5.92 Å². The van der Waals surface area contributed by atoms with Gasteiger partial charge in [-0.15, -0.1) is 0 Å². The summed E-state index contributed by atoms with van der Waals surface area (Å²) in [5, 5.41) is 0. The van der Waals surface area contributed by atoms with Crippen LogP contribution in [0.15, 0.2) is 28.7 Å². The lowest BCUT2D eigenvalue weighted by molar-refractivity contribution is -0.151. The molecule has 19 heavy (non-hydrogen) atoms. The summed E-state index contributed by atoms with van der Waals surface area (Å²) in [6, 6.07) is 7.29. The molecule has 0 aliphatic rings. The molecule has 1 aromatic carbocycles. The van der Waals surface area contributed by atoms with Crippen LogP contribution in [0.4, 0.5) is 0 Å². The number of carbonyl (C=O) groups is 2. The molecule has 5 heteroatoms. The normalized spacial score (nSPS) is 12.3. The minimum atomic E-state index is -0.854. The number of aromatic nitrogens is 1. The highest BCUT2D eigenvalue weighted by Crippen LogP contribution is 2.18. The maximum Gasteiger partial charge on any atom is 0.316 e. The molecule has 0 fully saturated rings. The Balaban J connectivity index is 2.21. The van der Waals surface area contributed by atoms with Gasteiger partial charge in [0.2, 0.25) is 0 Å². The van der Waals surface area contributed by atoms with Crippen LogP contribution in [0.5, 0.6) is 0 Å². The van der Waals surface area contributed by atoms with Gasteiger partial charge < -0.3 is 9.15 Å². The second kappa shape index (κ2) is 5.65. The van der Waals surface area contributed by atoms with E-state index in [0.717, 1.165) is 0 Å². The number of ketones is 1. The summed E-state index contributed by atoms with van der Waals surface area (Å²) >= 11 is 0. The van der Waals surface area contributed by atoms with Crippen molar-refractivity contribution in [3.63, 3.8) is 0 Å². The Morgan fingerprint density at radius 3 is 2.74 bits per heavy atom. The van der Waals surface area contributed by atoms with Gasteiger partial charge in [-0.05, 0) is 26.0 Å². The quantitative estimate of drug-likeness (QED) is 0.609. The van der Waals surface area contributed by atoms with E-state index in [9.17, 15) is 9.59 Å². The van der Waals surface area contributed by atoms with Crippen LogP contribution in [0.2, 0.25) is 0 Å². The van der Waals surface area contributed by atoms with E-state index in [1.165, 1.54) is 6.92 Å². The van der Waals surface area contributed by atoms with Crippen molar-refractivity contribution >= 4 is 22.9 Å². The molecule has 1 atom stereocenters. The van der Waals surface area contributed by atoms with Gasteiger partial charge in [0, 0.05) is 6.42 Å². The summed E-state index contributed by atoms with van der Waals surface area (Å²) in [4.78, 5) is 27.5. The fourth-order valence-corrected chi connectivity index (χ4v) is 1.82. The van der Waals surface area contributed by atoms with Crippen molar-refractivity contribution in [2.45, 2.75) is 20.3 Å². The second-order valence-corrected chi connectivity index (χ2v) is 4.19. The molecule has 1 aromatic heterocycles. The number of benzene rings is 1.